The quantitative estimate of drug-likeness (QED) is 0.864. The van der Waals surface area contributed by atoms with Gasteiger partial charge in [-0.15, -0.1) is 0 Å². The molecule has 1 N–H and O–H groups in total. The molecule has 1 aliphatic rings. The molecule has 1 amide bonds. The molecule has 0 aromatic heterocycles. The fraction of sp³-hybridized carbons (Fsp3) is 0.588. The molecule has 1 aliphatic heterocycles. The molecule has 0 bridgehead atoms. The largest absolute Gasteiger partial charge is 0.354 e. The minimum atomic E-state index is 0.0307. The fourth-order valence-electron chi connectivity index (χ4n) is 2.79. The van der Waals surface area contributed by atoms with Crippen molar-refractivity contribution in [3.05, 3.63) is 35.9 Å². The van der Waals surface area contributed by atoms with Crippen molar-refractivity contribution in [1.82, 2.24) is 10.2 Å². The first-order chi connectivity index (χ1) is 9.66. The third kappa shape index (κ3) is 4.34. The Morgan fingerprint density at radius 2 is 1.85 bits per heavy atom. The summed E-state index contributed by atoms with van der Waals surface area (Å²) < 4.78 is 0. The summed E-state index contributed by atoms with van der Waals surface area (Å²) >= 11 is 0. The van der Waals surface area contributed by atoms with E-state index in [1.54, 1.807) is 0 Å². The molecule has 2 rings (SSSR count). The zero-order valence-corrected chi connectivity index (χ0v) is 12.6. The van der Waals surface area contributed by atoms with Gasteiger partial charge in [0.25, 0.3) is 0 Å². The van der Waals surface area contributed by atoms with Gasteiger partial charge in [-0.3, -0.25) is 9.69 Å². The van der Waals surface area contributed by atoms with Crippen LogP contribution in [-0.4, -0.2) is 36.5 Å². The van der Waals surface area contributed by atoms with E-state index >= 15 is 0 Å². The average Bonchev–Trinajstić information content (AvgIpc) is 2.99. The number of rotatable bonds is 6. The molecule has 2 atom stereocenters. The summed E-state index contributed by atoms with van der Waals surface area (Å²) in [4.78, 5) is 14.6. The summed E-state index contributed by atoms with van der Waals surface area (Å²) in [7, 11) is 0. The van der Waals surface area contributed by atoms with Gasteiger partial charge in [0, 0.05) is 18.5 Å². The van der Waals surface area contributed by atoms with Crippen molar-refractivity contribution < 1.29 is 4.79 Å². The highest BCUT2D eigenvalue weighted by molar-refractivity contribution is 5.78. The Bertz CT molecular complexity index is 412. The minimum Gasteiger partial charge on any atom is -0.354 e. The van der Waals surface area contributed by atoms with Gasteiger partial charge in [0.2, 0.25) is 5.91 Å². The summed E-state index contributed by atoms with van der Waals surface area (Å²) in [5, 5.41) is 3.10. The second-order valence-corrected chi connectivity index (χ2v) is 5.93. The molecule has 1 aromatic rings. The van der Waals surface area contributed by atoms with Crippen molar-refractivity contribution in [2.24, 2.45) is 5.92 Å². The van der Waals surface area contributed by atoms with Crippen LogP contribution < -0.4 is 5.32 Å². The summed E-state index contributed by atoms with van der Waals surface area (Å²) in [6.07, 6.45) is 3.40. The predicted molar refractivity (Wildman–Crippen MR) is 82.6 cm³/mol. The zero-order valence-electron chi connectivity index (χ0n) is 12.6. The van der Waals surface area contributed by atoms with Gasteiger partial charge in [-0.1, -0.05) is 37.3 Å². The maximum absolute atomic E-state index is 12.1. The van der Waals surface area contributed by atoms with Crippen LogP contribution in [0, 0.1) is 5.92 Å². The Kier molecular flexibility index (Phi) is 5.60. The molecule has 0 aliphatic carbocycles. The maximum atomic E-state index is 12.1. The average molecular weight is 274 g/mol. The van der Waals surface area contributed by atoms with Gasteiger partial charge >= 0.3 is 0 Å². The fourth-order valence-corrected chi connectivity index (χ4v) is 2.79. The number of hydrogen-bond donors (Lipinski definition) is 1. The number of carbonyl (C=O) groups excluding carboxylic acids is 1. The van der Waals surface area contributed by atoms with E-state index in [0.717, 1.165) is 13.0 Å². The van der Waals surface area contributed by atoms with E-state index in [9.17, 15) is 4.79 Å². The highest BCUT2D eigenvalue weighted by atomic mass is 16.1. The molecule has 3 heteroatoms. The normalized spacial score (nSPS) is 18.7. The number of nitrogens with one attached hydrogen (secondary N) is 1. The first kappa shape index (κ1) is 15.0. The first-order valence-corrected chi connectivity index (χ1v) is 7.72. The monoisotopic (exact) mass is 274 g/mol. The number of nitrogens with zero attached hydrogens (tertiary/aromatic N) is 1. The van der Waals surface area contributed by atoms with E-state index in [2.05, 4.69) is 29.3 Å². The summed E-state index contributed by atoms with van der Waals surface area (Å²) in [5.41, 5.74) is 1.22. The lowest BCUT2D eigenvalue weighted by Gasteiger charge is -2.24. The van der Waals surface area contributed by atoms with E-state index in [0.29, 0.717) is 6.04 Å². The zero-order chi connectivity index (χ0) is 14.4. The first-order valence-electron chi connectivity index (χ1n) is 7.72. The molecular formula is C17H26N2O. The second-order valence-electron chi connectivity index (χ2n) is 5.93. The van der Waals surface area contributed by atoms with Crippen LogP contribution in [0.2, 0.25) is 0 Å². The Morgan fingerprint density at radius 1 is 1.20 bits per heavy atom. The van der Waals surface area contributed by atoms with Gasteiger partial charge < -0.3 is 5.32 Å². The Labute approximate surface area is 122 Å². The molecule has 1 heterocycles. The smallest absolute Gasteiger partial charge is 0.223 e. The molecule has 0 spiro atoms. The Morgan fingerprint density at radius 3 is 2.50 bits per heavy atom. The Hall–Kier alpha value is -1.35. The lowest BCUT2D eigenvalue weighted by atomic mass is 10.0. The summed E-state index contributed by atoms with van der Waals surface area (Å²) in [6.45, 7) is 7.32. The SMILES string of the molecule is CC(Cc1ccccc1)C(=O)NCC(C)N1CCCC1. The predicted octanol–water partition coefficient (Wildman–Crippen LogP) is 2.47. The van der Waals surface area contributed by atoms with Crippen LogP contribution in [0.15, 0.2) is 30.3 Å². The van der Waals surface area contributed by atoms with E-state index in [1.165, 1.54) is 31.5 Å². The van der Waals surface area contributed by atoms with Crippen molar-refractivity contribution in [3.8, 4) is 0 Å². The van der Waals surface area contributed by atoms with E-state index in [1.807, 2.05) is 25.1 Å². The van der Waals surface area contributed by atoms with Gasteiger partial charge in [0.15, 0.2) is 0 Å². The van der Waals surface area contributed by atoms with Crippen LogP contribution in [0.3, 0.4) is 0 Å². The summed E-state index contributed by atoms with van der Waals surface area (Å²) in [6, 6.07) is 10.7. The van der Waals surface area contributed by atoms with Crippen molar-refractivity contribution >= 4 is 5.91 Å². The maximum Gasteiger partial charge on any atom is 0.223 e. The van der Waals surface area contributed by atoms with Crippen molar-refractivity contribution in [3.63, 3.8) is 0 Å². The van der Waals surface area contributed by atoms with E-state index < -0.39 is 0 Å². The van der Waals surface area contributed by atoms with Crippen molar-refractivity contribution in [2.45, 2.75) is 39.2 Å². The number of carbonyl (C=O) groups is 1. The molecule has 3 nitrogen and oxygen atoms in total. The third-order valence-corrected chi connectivity index (χ3v) is 4.17. The molecule has 0 saturated carbocycles. The second kappa shape index (κ2) is 7.44. The van der Waals surface area contributed by atoms with Crippen LogP contribution in [0.4, 0.5) is 0 Å². The Balaban J connectivity index is 1.73. The lowest BCUT2D eigenvalue weighted by Crippen LogP contribution is -2.42. The molecule has 1 aromatic carbocycles. The third-order valence-electron chi connectivity index (χ3n) is 4.17. The van der Waals surface area contributed by atoms with Gasteiger partial charge in [-0.25, -0.2) is 0 Å². The van der Waals surface area contributed by atoms with Crippen molar-refractivity contribution in [1.29, 1.82) is 0 Å². The van der Waals surface area contributed by atoms with Crippen LogP contribution in [-0.2, 0) is 11.2 Å². The lowest BCUT2D eigenvalue weighted by molar-refractivity contribution is -0.124. The van der Waals surface area contributed by atoms with Gasteiger partial charge in [-0.05, 0) is 44.8 Å². The van der Waals surface area contributed by atoms with E-state index in [4.69, 9.17) is 0 Å². The number of likely N-dealkylation sites (tertiary alicyclic amines) is 1. The molecule has 0 radical (unpaired) electrons. The van der Waals surface area contributed by atoms with Crippen LogP contribution in [0.1, 0.15) is 32.3 Å². The van der Waals surface area contributed by atoms with Gasteiger partial charge in [0.05, 0.1) is 0 Å². The topological polar surface area (TPSA) is 32.3 Å². The highest BCUT2D eigenvalue weighted by Crippen LogP contribution is 2.11. The molecular weight excluding hydrogens is 248 g/mol. The van der Waals surface area contributed by atoms with Crippen LogP contribution >= 0.6 is 0 Å². The van der Waals surface area contributed by atoms with E-state index in [-0.39, 0.29) is 11.8 Å². The van der Waals surface area contributed by atoms with Gasteiger partial charge in [-0.2, -0.15) is 0 Å². The molecule has 1 fully saturated rings. The standard InChI is InChI=1S/C17H26N2O/c1-14(12-16-8-4-3-5-9-16)17(20)18-13-15(2)19-10-6-7-11-19/h3-5,8-9,14-15H,6-7,10-13H2,1-2H3,(H,18,20). The van der Waals surface area contributed by atoms with Crippen molar-refractivity contribution in [2.75, 3.05) is 19.6 Å². The van der Waals surface area contributed by atoms with Gasteiger partial charge in [0.1, 0.15) is 0 Å². The summed E-state index contributed by atoms with van der Waals surface area (Å²) in [5.74, 6) is 0.197. The molecule has 20 heavy (non-hydrogen) atoms. The number of hydrogen-bond acceptors (Lipinski definition) is 2. The van der Waals surface area contributed by atoms with Crippen LogP contribution in [0.25, 0.3) is 0 Å². The number of amides is 1. The molecule has 1 saturated heterocycles. The highest BCUT2D eigenvalue weighted by Gasteiger charge is 2.19. The molecule has 110 valence electrons. The van der Waals surface area contributed by atoms with Crippen LogP contribution in [0.5, 0.6) is 0 Å². The minimum absolute atomic E-state index is 0.0307. The number of benzene rings is 1. The molecule has 2 unspecified atom stereocenters.